The van der Waals surface area contributed by atoms with Crippen LogP contribution in [0, 0.1) is 17.8 Å². The molecule has 0 aliphatic heterocycles. The average molecular weight is 1100 g/mol. The number of fused-ring (bicyclic) bond motifs is 1. The van der Waals surface area contributed by atoms with Gasteiger partial charge >= 0.3 is 11.9 Å². The smallest absolute Gasteiger partial charge is 0.305 e. The van der Waals surface area contributed by atoms with E-state index in [9.17, 15) is 72.9 Å². The Bertz CT molecular complexity index is 2430. The largest absolute Gasteiger partial charge is 0.481 e. The Morgan fingerprint density at radius 1 is 0.551 bits per heavy atom. The number of unbranched alkanes of at least 4 members (excludes halogenated alkanes) is 1. The highest BCUT2D eigenvalue weighted by Crippen LogP contribution is 2.20. The molecule has 0 spiro atoms. The summed E-state index contributed by atoms with van der Waals surface area (Å²) >= 11 is 0. The molecule has 0 radical (unpaired) electrons. The van der Waals surface area contributed by atoms with E-state index in [0.29, 0.717) is 22.9 Å². The summed E-state index contributed by atoms with van der Waals surface area (Å²) in [4.78, 5) is 161. The van der Waals surface area contributed by atoms with Crippen LogP contribution in [0.15, 0.2) is 30.5 Å². The number of para-hydroxylation sites is 1. The van der Waals surface area contributed by atoms with Gasteiger partial charge in [0.25, 0.3) is 0 Å². The first-order chi connectivity index (χ1) is 36.6. The number of aromatic amines is 1. The number of aliphatic hydroxyl groups excluding tert-OH is 1. The molecule has 1 heterocycles. The van der Waals surface area contributed by atoms with Crippen LogP contribution in [0.1, 0.15) is 112 Å². The number of hydrogen-bond donors (Lipinski definition) is 15. The van der Waals surface area contributed by atoms with Crippen molar-refractivity contribution in [1.82, 2.24) is 52.8 Å². The van der Waals surface area contributed by atoms with E-state index in [2.05, 4.69) is 52.8 Å². The van der Waals surface area contributed by atoms with Gasteiger partial charge in [-0.15, -0.1) is 0 Å². The molecule has 17 N–H and O–H groups in total. The van der Waals surface area contributed by atoms with Gasteiger partial charge < -0.3 is 79.6 Å². The van der Waals surface area contributed by atoms with E-state index in [-0.39, 0.29) is 50.5 Å². The van der Waals surface area contributed by atoms with E-state index in [0.717, 1.165) is 0 Å². The van der Waals surface area contributed by atoms with Crippen molar-refractivity contribution in [3.63, 3.8) is 0 Å². The fourth-order valence-corrected chi connectivity index (χ4v) is 8.09. The highest BCUT2D eigenvalue weighted by atomic mass is 16.4. The van der Waals surface area contributed by atoms with E-state index in [4.69, 9.17) is 11.5 Å². The minimum atomic E-state index is -1.89. The number of primary amides is 1. The number of aliphatic hydroxyl groups is 1. The number of carbonyl (C=O) groups excluding carboxylic acids is 10. The predicted molar refractivity (Wildman–Crippen MR) is 283 cm³/mol. The number of rotatable bonds is 35. The van der Waals surface area contributed by atoms with Gasteiger partial charge in [0.2, 0.25) is 59.1 Å². The lowest BCUT2D eigenvalue weighted by Gasteiger charge is -2.29. The topological polar surface area (TPSA) is 442 Å². The summed E-state index contributed by atoms with van der Waals surface area (Å²) in [5.74, 6) is -12.9. The van der Waals surface area contributed by atoms with Crippen LogP contribution in [0.3, 0.4) is 0 Å². The molecule has 0 aliphatic rings. The highest BCUT2D eigenvalue weighted by molar-refractivity contribution is 5.99. The molecule has 78 heavy (non-hydrogen) atoms. The van der Waals surface area contributed by atoms with Gasteiger partial charge in [-0.2, -0.15) is 0 Å². The Balaban J connectivity index is 2.45. The second kappa shape index (κ2) is 32.8. The number of nitrogens with two attached hydrogens (primary N) is 2. The van der Waals surface area contributed by atoms with Crippen molar-refractivity contribution in [2.75, 3.05) is 13.2 Å². The van der Waals surface area contributed by atoms with Gasteiger partial charge in [-0.25, -0.2) is 0 Å². The van der Waals surface area contributed by atoms with E-state index >= 15 is 0 Å². The van der Waals surface area contributed by atoms with E-state index < -0.39 is 157 Å². The van der Waals surface area contributed by atoms with Crippen molar-refractivity contribution in [1.29, 1.82) is 0 Å². The summed E-state index contributed by atoms with van der Waals surface area (Å²) in [6, 6.07) is -6.05. The predicted octanol–water partition coefficient (Wildman–Crippen LogP) is -2.19. The first-order valence-corrected chi connectivity index (χ1v) is 25.9. The summed E-state index contributed by atoms with van der Waals surface area (Å²) in [7, 11) is 0. The Kier molecular flexibility index (Phi) is 27.9. The van der Waals surface area contributed by atoms with Crippen molar-refractivity contribution < 1.29 is 72.9 Å². The minimum absolute atomic E-state index is 0.0553. The quantitative estimate of drug-likeness (QED) is 0.0326. The lowest BCUT2D eigenvalue weighted by molar-refractivity contribution is -0.142. The zero-order chi connectivity index (χ0) is 59.0. The summed E-state index contributed by atoms with van der Waals surface area (Å²) in [6.07, 6.45) is 0.153. The number of benzene rings is 1. The second-order valence-electron chi connectivity index (χ2n) is 20.3. The number of aliphatic carboxylic acids is 2. The van der Waals surface area contributed by atoms with Gasteiger partial charge in [0.1, 0.15) is 54.4 Å². The molecule has 27 nitrogen and oxygen atoms in total. The minimum Gasteiger partial charge on any atom is -0.481 e. The maximum absolute atomic E-state index is 14.4. The molecule has 0 aliphatic carbocycles. The van der Waals surface area contributed by atoms with Gasteiger partial charge in [0.15, 0.2) is 0 Å². The number of amides is 10. The Hall–Kier alpha value is -7.68. The lowest BCUT2D eigenvalue weighted by Crippen LogP contribution is -2.61. The molecule has 0 bridgehead atoms. The van der Waals surface area contributed by atoms with Gasteiger partial charge in [-0.05, 0) is 81.4 Å². The van der Waals surface area contributed by atoms with Crippen molar-refractivity contribution in [3.05, 3.63) is 36.0 Å². The van der Waals surface area contributed by atoms with Gasteiger partial charge in [0, 0.05) is 36.9 Å². The third-order valence-electron chi connectivity index (χ3n) is 12.2. The SMILES string of the molecule is CC(=O)N[C@@H](CC(C)C)C(=O)N[C@@H](CCC(=O)O)C(=O)N[C@H](C(=O)N[C@@H](CC(=O)O)C(=O)N[C@@H](CCCCN)C(=O)N[C@@H](Cc1c[nH]c2ccccc12)C(=O)N[C@@H](C)C(=O)N[C@@H](CO)C(=O)N[C@@H](CC(C)C)C(N)=O)C(C)C. The maximum atomic E-state index is 14.4. The molecule has 0 saturated heterocycles. The van der Waals surface area contributed by atoms with Crippen LogP contribution < -0.4 is 59.3 Å². The normalized spacial score (nSPS) is 14.7. The Morgan fingerprint density at radius 3 is 1.60 bits per heavy atom. The van der Waals surface area contributed by atoms with Crippen LogP contribution >= 0.6 is 0 Å². The summed E-state index contributed by atoms with van der Waals surface area (Å²) in [6.45, 7) is 11.9. The lowest BCUT2D eigenvalue weighted by atomic mass is 10.00. The molecular weight excluding hydrogens is 1020 g/mol. The molecule has 1 aromatic heterocycles. The monoisotopic (exact) mass is 1100 g/mol. The molecule has 1 aromatic carbocycles. The molecule has 10 amide bonds. The molecule has 0 unspecified atom stereocenters. The third kappa shape index (κ3) is 22.9. The summed E-state index contributed by atoms with van der Waals surface area (Å²) in [5.41, 5.74) is 12.4. The van der Waals surface area contributed by atoms with Crippen molar-refractivity contribution >= 4 is 81.9 Å². The van der Waals surface area contributed by atoms with Crippen LogP contribution in [-0.4, -0.2) is 159 Å². The number of H-pyrrole nitrogens is 1. The van der Waals surface area contributed by atoms with Crippen molar-refractivity contribution in [2.24, 2.45) is 29.2 Å². The van der Waals surface area contributed by atoms with Gasteiger partial charge in [0.05, 0.1) is 13.0 Å². The zero-order valence-electron chi connectivity index (χ0n) is 45.5. The number of carboxylic acid groups (broad SMARTS) is 2. The first kappa shape index (κ1) is 66.4. The number of carboxylic acids is 2. The van der Waals surface area contributed by atoms with Crippen molar-refractivity contribution in [2.45, 2.75) is 168 Å². The van der Waals surface area contributed by atoms with Crippen molar-refractivity contribution in [3.8, 4) is 0 Å². The van der Waals surface area contributed by atoms with Gasteiger partial charge in [-0.3, -0.25) is 57.5 Å². The fourth-order valence-electron chi connectivity index (χ4n) is 8.09. The second-order valence-corrected chi connectivity index (χ2v) is 20.3. The zero-order valence-corrected chi connectivity index (χ0v) is 45.5. The molecule has 0 fully saturated rings. The highest BCUT2D eigenvalue weighted by Gasteiger charge is 2.36. The van der Waals surface area contributed by atoms with E-state index in [1.165, 1.54) is 27.7 Å². The first-order valence-electron chi connectivity index (χ1n) is 25.9. The Labute approximate surface area is 452 Å². The molecular formula is C51H80N12O15. The number of hydrogen-bond acceptors (Lipinski definition) is 14. The number of aromatic nitrogens is 1. The fraction of sp³-hybridized carbons (Fsp3) is 0.608. The molecule has 2 aromatic rings. The maximum Gasteiger partial charge on any atom is 0.305 e. The summed E-state index contributed by atoms with van der Waals surface area (Å²) in [5, 5.41) is 52.1. The standard InChI is InChI=1S/C51H80N12O15/c1-25(2)19-35(43(53)70)59-50(77)39(24-64)62-44(71)28(7)55-47(74)37(21-30-23-54-32-14-10-9-13-31(30)32)60-45(72)33(15-11-12-18-52)57-49(76)38(22-41(68)69)61-51(78)42(27(5)6)63-46(73)34(16-17-40(66)67)58-48(75)36(20-26(3)4)56-29(8)65/h9-10,13-14,23,25-28,33-39,42,54,64H,11-12,15-22,24,52H2,1-8H3,(H2,53,70)(H,55,74)(H,56,65)(H,57,76)(H,58,75)(H,59,77)(H,60,72)(H,61,78)(H,62,71)(H,63,73)(H,66,67)(H,68,69)/t28-,33-,34-,35-,36-,37-,38-,39-,42-/m0/s1. The molecule has 434 valence electrons. The van der Waals surface area contributed by atoms with E-state index in [1.807, 2.05) is 0 Å². The summed E-state index contributed by atoms with van der Waals surface area (Å²) < 4.78 is 0. The van der Waals surface area contributed by atoms with E-state index in [1.54, 1.807) is 58.2 Å². The molecule has 27 heteroatoms. The van der Waals surface area contributed by atoms with Crippen LogP contribution in [-0.2, 0) is 64.0 Å². The molecule has 0 saturated carbocycles. The number of carbonyl (C=O) groups is 12. The van der Waals surface area contributed by atoms with Crippen LogP contribution in [0.25, 0.3) is 10.9 Å². The molecule has 9 atom stereocenters. The number of nitrogens with one attached hydrogen (secondary N) is 10. The van der Waals surface area contributed by atoms with Crippen LogP contribution in [0.4, 0.5) is 0 Å². The van der Waals surface area contributed by atoms with Crippen LogP contribution in [0.2, 0.25) is 0 Å². The van der Waals surface area contributed by atoms with Crippen LogP contribution in [0.5, 0.6) is 0 Å². The Morgan fingerprint density at radius 2 is 1.05 bits per heavy atom. The molecule has 2 rings (SSSR count). The van der Waals surface area contributed by atoms with Gasteiger partial charge in [-0.1, -0.05) is 59.7 Å². The average Bonchev–Trinajstić information content (AvgIpc) is 3.76. The third-order valence-corrected chi connectivity index (χ3v) is 12.2.